The lowest BCUT2D eigenvalue weighted by Crippen LogP contribution is -2.66. The molecular formula is C29H38N2O12. The third kappa shape index (κ3) is 8.55. The summed E-state index contributed by atoms with van der Waals surface area (Å²) in [7, 11) is 0. The first-order chi connectivity index (χ1) is 20.7. The molecule has 2 aliphatic heterocycles. The van der Waals surface area contributed by atoms with E-state index in [0.29, 0.717) is 0 Å². The van der Waals surface area contributed by atoms with Gasteiger partial charge in [0, 0.05) is 0 Å². The van der Waals surface area contributed by atoms with Crippen molar-refractivity contribution in [3.05, 3.63) is 71.8 Å². The van der Waals surface area contributed by atoms with Crippen molar-refractivity contribution in [3.8, 4) is 0 Å². The summed E-state index contributed by atoms with van der Waals surface area (Å²) in [5.74, 6) is -1.76. The molecule has 2 aromatic rings. The summed E-state index contributed by atoms with van der Waals surface area (Å²) in [6, 6.07) is 15.3. The minimum Gasteiger partial charge on any atom is -0.394 e. The molecule has 14 heteroatoms. The van der Waals surface area contributed by atoms with Gasteiger partial charge in [0.05, 0.1) is 26.4 Å². The monoisotopic (exact) mass is 606 g/mol. The first-order valence-corrected chi connectivity index (χ1v) is 13.9. The average Bonchev–Trinajstić information content (AvgIpc) is 3.02. The average molecular weight is 607 g/mol. The maximum atomic E-state index is 12.9. The van der Waals surface area contributed by atoms with Crippen molar-refractivity contribution in [1.82, 2.24) is 10.6 Å². The van der Waals surface area contributed by atoms with Gasteiger partial charge in [-0.05, 0) is 11.1 Å². The van der Waals surface area contributed by atoms with E-state index in [1.165, 1.54) is 0 Å². The standard InChI is InChI=1S/C29H38N2O12/c32-12-18-24(36)26(38)22(28(42-18)40-14-16-7-3-1-4-8-16)30-20(34)11-21(35)31-23-27(39)25(37)19(13-33)43-29(23)41-15-17-9-5-2-6-10-17/h1-10,18-19,22-29,32-33,36-39H,11-15H2,(H,30,34)(H,31,35)/t18-,19-,22+,23+,24-,25-,26-,27-,28+,29+/m1/s1. The summed E-state index contributed by atoms with van der Waals surface area (Å²) in [4.78, 5) is 25.8. The number of nitrogens with one attached hydrogen (secondary N) is 2. The number of rotatable bonds is 12. The topological polar surface area (TPSA) is 216 Å². The summed E-state index contributed by atoms with van der Waals surface area (Å²) in [6.45, 7) is -1.18. The summed E-state index contributed by atoms with van der Waals surface area (Å²) in [5.41, 5.74) is 1.53. The van der Waals surface area contributed by atoms with Crippen LogP contribution in [0.3, 0.4) is 0 Å². The van der Waals surface area contributed by atoms with Gasteiger partial charge in [0.2, 0.25) is 11.8 Å². The molecule has 43 heavy (non-hydrogen) atoms. The van der Waals surface area contributed by atoms with Crippen molar-refractivity contribution >= 4 is 11.8 Å². The van der Waals surface area contributed by atoms with Crippen molar-refractivity contribution in [3.63, 3.8) is 0 Å². The number of hydrogen-bond donors (Lipinski definition) is 8. The van der Waals surface area contributed by atoms with Crippen LogP contribution in [-0.4, -0.2) is 117 Å². The molecule has 14 nitrogen and oxygen atoms in total. The van der Waals surface area contributed by atoms with Crippen LogP contribution in [0.4, 0.5) is 0 Å². The van der Waals surface area contributed by atoms with E-state index in [1.54, 1.807) is 48.5 Å². The van der Waals surface area contributed by atoms with Gasteiger partial charge in [0.15, 0.2) is 12.6 Å². The number of carbonyl (C=O) groups is 2. The van der Waals surface area contributed by atoms with Crippen LogP contribution < -0.4 is 10.6 Å². The van der Waals surface area contributed by atoms with Gasteiger partial charge in [-0.15, -0.1) is 0 Å². The Morgan fingerprint density at radius 1 is 0.628 bits per heavy atom. The Balaban J connectivity index is 1.39. The van der Waals surface area contributed by atoms with Gasteiger partial charge in [-0.1, -0.05) is 60.7 Å². The van der Waals surface area contributed by atoms with Gasteiger partial charge in [0.25, 0.3) is 0 Å². The minimum absolute atomic E-state index is 0.0282. The first kappa shape index (κ1) is 32.9. The molecule has 0 saturated carbocycles. The molecule has 0 spiro atoms. The Kier molecular flexibility index (Phi) is 12.0. The van der Waals surface area contributed by atoms with Gasteiger partial charge < -0.3 is 60.2 Å². The molecule has 0 aromatic heterocycles. The van der Waals surface area contributed by atoms with Crippen LogP contribution in [0.25, 0.3) is 0 Å². The van der Waals surface area contributed by atoms with Crippen LogP contribution in [0.1, 0.15) is 17.5 Å². The fourth-order valence-electron chi connectivity index (χ4n) is 4.88. The van der Waals surface area contributed by atoms with Crippen molar-refractivity contribution < 1.29 is 59.2 Å². The van der Waals surface area contributed by atoms with Crippen molar-refractivity contribution in [2.24, 2.45) is 0 Å². The van der Waals surface area contributed by atoms with E-state index in [-0.39, 0.29) is 13.2 Å². The second-order valence-corrected chi connectivity index (χ2v) is 10.4. The molecule has 0 aliphatic carbocycles. The highest BCUT2D eigenvalue weighted by atomic mass is 16.7. The van der Waals surface area contributed by atoms with Crippen LogP contribution in [-0.2, 0) is 41.8 Å². The Hall–Kier alpha value is -3.02. The second-order valence-electron chi connectivity index (χ2n) is 10.4. The molecular weight excluding hydrogens is 568 g/mol. The van der Waals surface area contributed by atoms with E-state index in [1.807, 2.05) is 12.1 Å². The summed E-state index contributed by atoms with van der Waals surface area (Å²) in [6.07, 6.45) is -12.0. The van der Waals surface area contributed by atoms with Gasteiger partial charge in [-0.2, -0.15) is 0 Å². The predicted octanol–water partition coefficient (Wildman–Crippen LogP) is -2.34. The third-order valence-electron chi connectivity index (χ3n) is 7.25. The van der Waals surface area contributed by atoms with Crippen molar-refractivity contribution in [2.75, 3.05) is 13.2 Å². The largest absolute Gasteiger partial charge is 0.394 e. The van der Waals surface area contributed by atoms with Gasteiger partial charge in [-0.25, -0.2) is 0 Å². The van der Waals surface area contributed by atoms with E-state index in [0.717, 1.165) is 11.1 Å². The SMILES string of the molecule is O=C(CC(=O)N[C@@H]1[C@@H](OCc2ccccc2)O[C@H](CO)[C@@H](O)[C@@H]1O)N[C@@H]1[C@@H](OCc2ccccc2)O[C@H](CO)[C@@H](O)[C@@H]1O. The van der Waals surface area contributed by atoms with E-state index in [2.05, 4.69) is 10.6 Å². The molecule has 0 unspecified atom stereocenters. The molecule has 4 rings (SSSR count). The number of aliphatic hydroxyl groups excluding tert-OH is 6. The molecule has 2 aliphatic rings. The molecule has 8 N–H and O–H groups in total. The van der Waals surface area contributed by atoms with E-state index in [4.69, 9.17) is 18.9 Å². The van der Waals surface area contributed by atoms with Crippen LogP contribution >= 0.6 is 0 Å². The number of amides is 2. The Bertz CT molecular complexity index is 1070. The fourth-order valence-corrected chi connectivity index (χ4v) is 4.88. The molecule has 10 atom stereocenters. The molecule has 0 radical (unpaired) electrons. The van der Waals surface area contributed by atoms with Gasteiger partial charge in [0.1, 0.15) is 55.1 Å². The molecule has 2 fully saturated rings. The minimum atomic E-state index is -1.60. The first-order valence-electron chi connectivity index (χ1n) is 13.9. The van der Waals surface area contributed by atoms with Crippen LogP contribution in [0, 0.1) is 0 Å². The molecule has 2 amide bonds. The smallest absolute Gasteiger partial charge is 0.229 e. The highest BCUT2D eigenvalue weighted by molar-refractivity contribution is 5.97. The fraction of sp³-hybridized carbons (Fsp3) is 0.517. The Morgan fingerprint density at radius 2 is 1.00 bits per heavy atom. The number of ether oxygens (including phenoxy) is 4. The highest BCUT2D eigenvalue weighted by Crippen LogP contribution is 2.25. The normalized spacial score (nSPS) is 32.6. The van der Waals surface area contributed by atoms with Crippen molar-refractivity contribution in [1.29, 1.82) is 0 Å². The van der Waals surface area contributed by atoms with Gasteiger partial charge in [-0.3, -0.25) is 9.59 Å². The molecule has 2 saturated heterocycles. The number of aliphatic hydroxyl groups is 6. The van der Waals surface area contributed by atoms with Crippen LogP contribution in [0.5, 0.6) is 0 Å². The molecule has 236 valence electrons. The Morgan fingerprint density at radius 3 is 1.35 bits per heavy atom. The lowest BCUT2D eigenvalue weighted by molar-refractivity contribution is -0.274. The Labute approximate surface area is 247 Å². The number of hydrogen-bond acceptors (Lipinski definition) is 12. The zero-order valence-corrected chi connectivity index (χ0v) is 23.2. The van der Waals surface area contributed by atoms with Crippen LogP contribution in [0.15, 0.2) is 60.7 Å². The second kappa shape index (κ2) is 15.6. The van der Waals surface area contributed by atoms with E-state index in [9.17, 15) is 40.2 Å². The van der Waals surface area contributed by atoms with E-state index >= 15 is 0 Å². The zero-order chi connectivity index (χ0) is 30.9. The molecule has 2 aromatic carbocycles. The third-order valence-corrected chi connectivity index (χ3v) is 7.25. The summed E-state index contributed by atoms with van der Waals surface area (Å²) in [5, 5.41) is 66.1. The maximum Gasteiger partial charge on any atom is 0.229 e. The maximum absolute atomic E-state index is 12.9. The quantitative estimate of drug-likeness (QED) is 0.119. The highest BCUT2D eigenvalue weighted by Gasteiger charge is 2.47. The molecule has 0 bridgehead atoms. The van der Waals surface area contributed by atoms with E-state index < -0.39 is 92.7 Å². The lowest BCUT2D eigenvalue weighted by atomic mass is 9.96. The lowest BCUT2D eigenvalue weighted by Gasteiger charge is -2.42. The van der Waals surface area contributed by atoms with Crippen LogP contribution in [0.2, 0.25) is 0 Å². The summed E-state index contributed by atoms with van der Waals surface area (Å²) >= 11 is 0. The zero-order valence-electron chi connectivity index (χ0n) is 23.2. The number of carbonyl (C=O) groups excluding carboxylic acids is 2. The van der Waals surface area contributed by atoms with Gasteiger partial charge >= 0.3 is 0 Å². The predicted molar refractivity (Wildman–Crippen MR) is 146 cm³/mol. The summed E-state index contributed by atoms with van der Waals surface area (Å²) < 4.78 is 22.7. The number of benzene rings is 2. The van der Waals surface area contributed by atoms with Crippen molar-refractivity contribution in [2.45, 2.75) is 80.9 Å². The molecule has 2 heterocycles.